The second-order valence-corrected chi connectivity index (χ2v) is 12.4. The maximum absolute atomic E-state index is 14.2. The Labute approximate surface area is 240 Å². The van der Waals surface area contributed by atoms with E-state index >= 15 is 0 Å². The predicted octanol–water partition coefficient (Wildman–Crippen LogP) is 4.88. The summed E-state index contributed by atoms with van der Waals surface area (Å²) in [5.74, 6) is -1.48. The summed E-state index contributed by atoms with van der Waals surface area (Å²) in [6.07, 6.45) is 6.24. The first kappa shape index (κ1) is 27.0. The fourth-order valence-corrected chi connectivity index (χ4v) is 7.34. The zero-order valence-electron chi connectivity index (χ0n) is 23.1. The standard InChI is InChI=1S/C32H36ClN3O4/c1-18-8-7-11-24(20(18)3)35-30(38)28-32-15-14-25(40-32)26(29(37)34-22-13-12-19(2)23(33)16-22)27(32)31(39)36(28)17-21-9-5-4-6-10-21/h4-6,9-10,12-16,18,20,24-28H,7-8,11,17H2,1-3H3,(H,34,37)(H,35,38)/t18?,20?,24?,25-,26?,27-,28?,32?/m0/s1. The van der Waals surface area contributed by atoms with Gasteiger partial charge in [0.05, 0.1) is 17.9 Å². The monoisotopic (exact) mass is 561 g/mol. The van der Waals surface area contributed by atoms with Gasteiger partial charge in [-0.1, -0.05) is 86.8 Å². The van der Waals surface area contributed by atoms with Gasteiger partial charge in [-0.05, 0) is 48.4 Å². The summed E-state index contributed by atoms with van der Waals surface area (Å²) in [4.78, 5) is 43.6. The van der Waals surface area contributed by atoms with Crippen LogP contribution in [0, 0.1) is 30.6 Å². The number of nitrogens with zero attached hydrogens (tertiary/aromatic N) is 1. The van der Waals surface area contributed by atoms with E-state index in [-0.39, 0.29) is 30.3 Å². The third-order valence-corrected chi connectivity index (χ3v) is 10.0. The molecule has 40 heavy (non-hydrogen) atoms. The molecule has 0 aromatic heterocycles. The molecule has 7 nitrogen and oxygen atoms in total. The van der Waals surface area contributed by atoms with E-state index in [0.29, 0.717) is 22.5 Å². The Bertz CT molecular complexity index is 1360. The maximum atomic E-state index is 14.2. The van der Waals surface area contributed by atoms with Crippen LogP contribution in [0.1, 0.15) is 44.2 Å². The van der Waals surface area contributed by atoms with Crippen LogP contribution < -0.4 is 10.6 Å². The zero-order valence-corrected chi connectivity index (χ0v) is 23.9. The van der Waals surface area contributed by atoms with Crippen LogP contribution in [-0.2, 0) is 25.7 Å². The smallest absolute Gasteiger partial charge is 0.246 e. The van der Waals surface area contributed by atoms with Gasteiger partial charge in [0, 0.05) is 23.3 Å². The van der Waals surface area contributed by atoms with Crippen LogP contribution in [0.3, 0.4) is 0 Å². The summed E-state index contributed by atoms with van der Waals surface area (Å²) in [6, 6.07) is 14.1. The average molecular weight is 562 g/mol. The SMILES string of the molecule is Cc1ccc(NC(=O)C2[C@@H]3C=CC4(O3)C(C(=O)NC3CCCC(C)C3C)N(Cc3ccccc3)C(=O)[C@H]24)cc1Cl. The molecule has 1 spiro atoms. The van der Waals surface area contributed by atoms with Crippen LogP contribution in [0.15, 0.2) is 60.7 Å². The van der Waals surface area contributed by atoms with E-state index in [1.807, 2.05) is 55.5 Å². The van der Waals surface area contributed by atoms with E-state index in [2.05, 4.69) is 24.5 Å². The van der Waals surface area contributed by atoms with Crippen LogP contribution in [0.5, 0.6) is 0 Å². The van der Waals surface area contributed by atoms with Gasteiger partial charge in [-0.2, -0.15) is 0 Å². The third kappa shape index (κ3) is 4.44. The number of hydrogen-bond acceptors (Lipinski definition) is 4. The highest BCUT2D eigenvalue weighted by Gasteiger charge is 2.72. The third-order valence-electron chi connectivity index (χ3n) is 9.59. The van der Waals surface area contributed by atoms with Gasteiger partial charge in [-0.25, -0.2) is 0 Å². The first-order chi connectivity index (χ1) is 19.2. The van der Waals surface area contributed by atoms with Gasteiger partial charge >= 0.3 is 0 Å². The molecular weight excluding hydrogens is 526 g/mol. The lowest BCUT2D eigenvalue weighted by Gasteiger charge is -2.38. The van der Waals surface area contributed by atoms with Crippen molar-refractivity contribution < 1.29 is 19.1 Å². The number of benzene rings is 2. The summed E-state index contributed by atoms with van der Waals surface area (Å²) in [5, 5.41) is 6.79. The van der Waals surface area contributed by atoms with Crippen molar-refractivity contribution in [1.29, 1.82) is 0 Å². The fraction of sp³-hybridized carbons (Fsp3) is 0.469. The van der Waals surface area contributed by atoms with Crippen LogP contribution in [0.2, 0.25) is 5.02 Å². The second-order valence-electron chi connectivity index (χ2n) is 12.0. The van der Waals surface area contributed by atoms with Crippen LogP contribution in [-0.4, -0.2) is 46.4 Å². The number of carbonyl (C=O) groups excluding carboxylic acids is 3. The molecule has 8 heteroatoms. The molecule has 1 saturated carbocycles. The second kappa shape index (κ2) is 10.3. The number of ether oxygens (including phenoxy) is 1. The van der Waals surface area contributed by atoms with Crippen molar-refractivity contribution >= 4 is 35.0 Å². The fourth-order valence-electron chi connectivity index (χ4n) is 7.16. The number of rotatable bonds is 6. The highest BCUT2D eigenvalue weighted by Crippen LogP contribution is 2.55. The zero-order chi connectivity index (χ0) is 28.2. The van der Waals surface area contributed by atoms with Crippen LogP contribution in [0.4, 0.5) is 5.69 Å². The van der Waals surface area contributed by atoms with E-state index in [1.54, 1.807) is 17.0 Å². The Morgan fingerprint density at radius 3 is 2.62 bits per heavy atom. The molecule has 2 saturated heterocycles. The quantitative estimate of drug-likeness (QED) is 0.492. The molecule has 4 aliphatic rings. The minimum Gasteiger partial charge on any atom is -0.359 e. The predicted molar refractivity (Wildman–Crippen MR) is 153 cm³/mol. The number of anilines is 1. The first-order valence-corrected chi connectivity index (χ1v) is 14.7. The van der Waals surface area contributed by atoms with Gasteiger partial charge in [0.1, 0.15) is 11.6 Å². The highest BCUT2D eigenvalue weighted by atomic mass is 35.5. The number of halogens is 1. The number of nitrogens with one attached hydrogen (secondary N) is 2. The molecule has 2 N–H and O–H groups in total. The maximum Gasteiger partial charge on any atom is 0.246 e. The number of fused-ring (bicyclic) bond motifs is 1. The van der Waals surface area contributed by atoms with Crippen molar-refractivity contribution in [3.8, 4) is 0 Å². The Hall–Kier alpha value is -3.16. The molecule has 2 aromatic carbocycles. The normalized spacial score (nSPS) is 34.1. The van der Waals surface area contributed by atoms with Gasteiger partial charge in [0.25, 0.3) is 0 Å². The van der Waals surface area contributed by atoms with Gasteiger partial charge in [0.15, 0.2) is 0 Å². The molecular formula is C32H36ClN3O4. The number of hydrogen-bond donors (Lipinski definition) is 2. The number of carbonyl (C=O) groups is 3. The summed E-state index contributed by atoms with van der Waals surface area (Å²) in [7, 11) is 0. The molecule has 2 bridgehead atoms. The van der Waals surface area contributed by atoms with Crippen molar-refractivity contribution in [1.82, 2.24) is 10.2 Å². The Morgan fingerprint density at radius 1 is 1.10 bits per heavy atom. The lowest BCUT2D eigenvalue weighted by atomic mass is 9.73. The Balaban J connectivity index is 1.32. The molecule has 0 radical (unpaired) electrons. The Kier molecular flexibility index (Phi) is 6.99. The first-order valence-electron chi connectivity index (χ1n) is 14.3. The number of amides is 3. The largest absolute Gasteiger partial charge is 0.359 e. The minimum atomic E-state index is -1.20. The molecule has 3 aliphatic heterocycles. The molecule has 210 valence electrons. The number of aryl methyl sites for hydroxylation is 1. The molecule has 3 amide bonds. The topological polar surface area (TPSA) is 87.7 Å². The van der Waals surface area contributed by atoms with E-state index < -0.39 is 29.6 Å². The summed E-state index contributed by atoms with van der Waals surface area (Å²) in [6.45, 7) is 6.57. The van der Waals surface area contributed by atoms with E-state index in [1.165, 1.54) is 0 Å². The summed E-state index contributed by atoms with van der Waals surface area (Å²) in [5.41, 5.74) is 1.18. The molecule has 6 unspecified atom stereocenters. The van der Waals surface area contributed by atoms with Crippen LogP contribution >= 0.6 is 11.6 Å². The van der Waals surface area contributed by atoms with Crippen molar-refractivity contribution in [3.63, 3.8) is 0 Å². The Morgan fingerprint density at radius 2 is 1.88 bits per heavy atom. The highest BCUT2D eigenvalue weighted by molar-refractivity contribution is 6.31. The molecule has 2 aromatic rings. The molecule has 1 aliphatic carbocycles. The minimum absolute atomic E-state index is 0.0355. The average Bonchev–Trinajstić information content (AvgIpc) is 3.57. The molecule has 6 rings (SSSR count). The van der Waals surface area contributed by atoms with Gasteiger partial charge in [-0.3, -0.25) is 14.4 Å². The van der Waals surface area contributed by atoms with Crippen molar-refractivity contribution in [2.45, 2.75) is 70.4 Å². The van der Waals surface area contributed by atoms with Gasteiger partial charge in [-0.15, -0.1) is 0 Å². The van der Waals surface area contributed by atoms with E-state index in [4.69, 9.17) is 16.3 Å². The molecule has 3 heterocycles. The lowest BCUT2D eigenvalue weighted by Crippen LogP contribution is -2.57. The molecule has 3 fully saturated rings. The van der Waals surface area contributed by atoms with Gasteiger partial charge in [0.2, 0.25) is 17.7 Å². The number of likely N-dealkylation sites (tertiary alicyclic amines) is 1. The van der Waals surface area contributed by atoms with E-state index in [0.717, 1.165) is 30.4 Å². The lowest BCUT2D eigenvalue weighted by molar-refractivity contribution is -0.142. The summed E-state index contributed by atoms with van der Waals surface area (Å²) < 4.78 is 6.49. The van der Waals surface area contributed by atoms with Gasteiger partial charge < -0.3 is 20.3 Å². The van der Waals surface area contributed by atoms with Crippen LogP contribution in [0.25, 0.3) is 0 Å². The summed E-state index contributed by atoms with van der Waals surface area (Å²) >= 11 is 6.29. The van der Waals surface area contributed by atoms with Crippen molar-refractivity contribution in [2.24, 2.45) is 23.7 Å². The van der Waals surface area contributed by atoms with E-state index in [9.17, 15) is 14.4 Å². The van der Waals surface area contributed by atoms with Crippen molar-refractivity contribution in [2.75, 3.05) is 5.32 Å². The molecule has 8 atom stereocenters. The van der Waals surface area contributed by atoms with Crippen molar-refractivity contribution in [3.05, 3.63) is 76.8 Å².